The molecule has 8 nitrogen and oxygen atoms in total. The molecule has 21 heavy (non-hydrogen) atoms. The molecule has 2 aromatic rings. The molecule has 0 radical (unpaired) electrons. The van der Waals surface area contributed by atoms with Crippen LogP contribution in [0.5, 0.6) is 0 Å². The Morgan fingerprint density at radius 3 is 2.86 bits per heavy atom. The van der Waals surface area contributed by atoms with Gasteiger partial charge in [0.05, 0.1) is 24.4 Å². The molecule has 2 aromatic heterocycles. The first-order chi connectivity index (χ1) is 9.88. The summed E-state index contributed by atoms with van der Waals surface area (Å²) in [5, 5.41) is 8.16. The summed E-state index contributed by atoms with van der Waals surface area (Å²) in [7, 11) is -1.17. The number of fused-ring (bicyclic) bond motifs is 1. The van der Waals surface area contributed by atoms with Gasteiger partial charge in [0.15, 0.2) is 5.65 Å². The third-order valence-corrected chi connectivity index (χ3v) is 4.18. The molecule has 0 aromatic carbocycles. The Morgan fingerprint density at radius 1 is 1.38 bits per heavy atom. The van der Waals surface area contributed by atoms with Crippen LogP contribution in [-0.4, -0.2) is 59.9 Å². The number of halogens is 1. The first-order valence-electron chi connectivity index (χ1n) is 6.21. The van der Waals surface area contributed by atoms with Crippen LogP contribution in [0.2, 0.25) is 0 Å². The molecule has 1 N–H and O–H groups in total. The van der Waals surface area contributed by atoms with E-state index in [1.165, 1.54) is 12.6 Å². The zero-order chi connectivity index (χ0) is 15.5. The van der Waals surface area contributed by atoms with Crippen LogP contribution in [0, 0.1) is 0 Å². The minimum absolute atomic E-state index is 0.0267. The quantitative estimate of drug-likeness (QED) is 0.705. The van der Waals surface area contributed by atoms with E-state index >= 15 is 0 Å². The van der Waals surface area contributed by atoms with Gasteiger partial charge < -0.3 is 10.1 Å². The Labute approximate surface area is 131 Å². The van der Waals surface area contributed by atoms with E-state index in [0.29, 0.717) is 23.6 Å². The zero-order valence-corrected chi connectivity index (χ0v) is 14.1. The number of hydrogen-bond donors (Lipinski definition) is 1. The predicted molar refractivity (Wildman–Crippen MR) is 83.0 cm³/mol. The third kappa shape index (κ3) is 4.35. The van der Waals surface area contributed by atoms with Gasteiger partial charge in [0.1, 0.15) is 26.6 Å². The number of nitrogens with zero attached hydrogens (tertiary/aromatic N) is 4. The summed E-state index contributed by atoms with van der Waals surface area (Å²) in [5.74, 6) is 0.686. The van der Waals surface area contributed by atoms with E-state index in [2.05, 4.69) is 36.3 Å². The highest BCUT2D eigenvalue weighted by molar-refractivity contribution is 9.10. The standard InChI is InChI=1S/C11H16BrN5O3S/c1-17-11-8(9(12)16-17)10(14-7-15-11)13-3-4-20-5-6-21(2,18)19/h7H,3-6H2,1-2H3,(H,13,14,15). The lowest BCUT2D eigenvalue weighted by Gasteiger charge is -2.07. The van der Waals surface area contributed by atoms with Crippen molar-refractivity contribution in [3.8, 4) is 0 Å². The molecule has 0 bridgehead atoms. The second-order valence-corrected chi connectivity index (χ2v) is 7.52. The summed E-state index contributed by atoms with van der Waals surface area (Å²) >= 11 is 3.37. The Hall–Kier alpha value is -1.26. The second kappa shape index (κ2) is 6.67. The van der Waals surface area contributed by atoms with Crippen molar-refractivity contribution in [2.45, 2.75) is 0 Å². The maximum Gasteiger partial charge on any atom is 0.164 e. The molecule has 0 aliphatic carbocycles. The van der Waals surface area contributed by atoms with Crippen molar-refractivity contribution in [2.24, 2.45) is 7.05 Å². The zero-order valence-electron chi connectivity index (χ0n) is 11.7. The molecule has 2 heterocycles. The summed E-state index contributed by atoms with van der Waals surface area (Å²) in [6, 6.07) is 0. The number of sulfone groups is 1. The van der Waals surface area contributed by atoms with Crippen molar-refractivity contribution in [1.82, 2.24) is 19.7 Å². The molecule has 0 saturated heterocycles. The van der Waals surface area contributed by atoms with Crippen molar-refractivity contribution in [3.63, 3.8) is 0 Å². The van der Waals surface area contributed by atoms with Crippen LogP contribution in [0.25, 0.3) is 11.0 Å². The van der Waals surface area contributed by atoms with Crippen molar-refractivity contribution in [2.75, 3.05) is 37.1 Å². The topological polar surface area (TPSA) is 99.0 Å². The highest BCUT2D eigenvalue weighted by Crippen LogP contribution is 2.26. The molecule has 2 rings (SSSR count). The highest BCUT2D eigenvalue weighted by Gasteiger charge is 2.12. The van der Waals surface area contributed by atoms with Gasteiger partial charge >= 0.3 is 0 Å². The number of rotatable bonds is 7. The predicted octanol–water partition coefficient (Wildman–Crippen LogP) is 0.599. The molecule has 0 amide bonds. The Balaban J connectivity index is 1.90. The van der Waals surface area contributed by atoms with Crippen LogP contribution < -0.4 is 5.32 Å². The van der Waals surface area contributed by atoms with E-state index in [4.69, 9.17) is 4.74 Å². The Bertz CT molecular complexity index is 731. The van der Waals surface area contributed by atoms with Gasteiger partial charge in [-0.15, -0.1) is 0 Å². The number of nitrogens with one attached hydrogen (secondary N) is 1. The van der Waals surface area contributed by atoms with E-state index in [0.717, 1.165) is 11.0 Å². The molecule has 0 atom stereocenters. The SMILES string of the molecule is Cn1nc(Br)c2c(NCCOCCS(C)(=O)=O)ncnc21. The molecular formula is C11H16BrN5O3S. The minimum atomic E-state index is -2.98. The fraction of sp³-hybridized carbons (Fsp3) is 0.545. The van der Waals surface area contributed by atoms with Crippen LogP contribution in [0.15, 0.2) is 10.9 Å². The molecule has 116 valence electrons. The number of aryl methyl sites for hydroxylation is 1. The van der Waals surface area contributed by atoms with Gasteiger partial charge in [0.2, 0.25) is 0 Å². The molecular weight excluding hydrogens is 362 g/mol. The molecule has 0 saturated carbocycles. The average Bonchev–Trinajstić information content (AvgIpc) is 2.69. The van der Waals surface area contributed by atoms with Crippen molar-refractivity contribution >= 4 is 42.6 Å². The number of ether oxygens (including phenoxy) is 1. The van der Waals surface area contributed by atoms with Gasteiger partial charge in [0.25, 0.3) is 0 Å². The van der Waals surface area contributed by atoms with Crippen LogP contribution in [0.3, 0.4) is 0 Å². The van der Waals surface area contributed by atoms with Gasteiger partial charge in [-0.05, 0) is 15.9 Å². The van der Waals surface area contributed by atoms with Gasteiger partial charge in [-0.1, -0.05) is 0 Å². The largest absolute Gasteiger partial charge is 0.379 e. The molecule has 0 fully saturated rings. The second-order valence-electron chi connectivity index (χ2n) is 4.50. The van der Waals surface area contributed by atoms with Crippen LogP contribution in [0.4, 0.5) is 5.82 Å². The minimum Gasteiger partial charge on any atom is -0.379 e. The molecule has 0 aliphatic heterocycles. The molecule has 0 aliphatic rings. The van der Waals surface area contributed by atoms with Crippen LogP contribution in [0.1, 0.15) is 0 Å². The van der Waals surface area contributed by atoms with Crippen molar-refractivity contribution in [3.05, 3.63) is 10.9 Å². The third-order valence-electron chi connectivity index (χ3n) is 2.72. The van der Waals surface area contributed by atoms with Gasteiger partial charge in [-0.25, -0.2) is 23.1 Å². The fourth-order valence-corrected chi connectivity index (χ4v) is 2.75. The van der Waals surface area contributed by atoms with Gasteiger partial charge in [-0.3, -0.25) is 0 Å². The van der Waals surface area contributed by atoms with E-state index in [-0.39, 0.29) is 12.4 Å². The molecule has 0 spiro atoms. The lowest BCUT2D eigenvalue weighted by Crippen LogP contribution is -2.15. The summed E-state index contributed by atoms with van der Waals surface area (Å²) in [5.41, 5.74) is 0.720. The Kier molecular flexibility index (Phi) is 5.12. The van der Waals surface area contributed by atoms with Crippen LogP contribution >= 0.6 is 15.9 Å². The molecule has 0 unspecified atom stereocenters. The number of anilines is 1. The summed E-state index contributed by atoms with van der Waals surface area (Å²) in [6.07, 6.45) is 2.65. The smallest absolute Gasteiger partial charge is 0.164 e. The number of aromatic nitrogens is 4. The lowest BCUT2D eigenvalue weighted by molar-refractivity contribution is 0.159. The first kappa shape index (κ1) is 16.1. The van der Waals surface area contributed by atoms with Crippen molar-refractivity contribution in [1.29, 1.82) is 0 Å². The maximum atomic E-state index is 10.9. The van der Waals surface area contributed by atoms with Crippen LogP contribution in [-0.2, 0) is 21.6 Å². The average molecular weight is 378 g/mol. The monoisotopic (exact) mass is 377 g/mol. The lowest BCUT2D eigenvalue weighted by atomic mass is 10.4. The normalized spacial score (nSPS) is 12.0. The van der Waals surface area contributed by atoms with Gasteiger partial charge in [-0.2, -0.15) is 5.10 Å². The van der Waals surface area contributed by atoms with E-state index in [1.54, 1.807) is 11.7 Å². The highest BCUT2D eigenvalue weighted by atomic mass is 79.9. The van der Waals surface area contributed by atoms with Gasteiger partial charge in [0, 0.05) is 19.8 Å². The molecule has 10 heteroatoms. The van der Waals surface area contributed by atoms with E-state index in [9.17, 15) is 8.42 Å². The maximum absolute atomic E-state index is 10.9. The Morgan fingerprint density at radius 2 is 2.14 bits per heavy atom. The first-order valence-corrected chi connectivity index (χ1v) is 9.06. The number of hydrogen-bond acceptors (Lipinski definition) is 7. The van der Waals surface area contributed by atoms with E-state index in [1.807, 2.05) is 0 Å². The summed E-state index contributed by atoms with van der Waals surface area (Å²) in [4.78, 5) is 8.35. The summed E-state index contributed by atoms with van der Waals surface area (Å²) in [6.45, 7) is 1.09. The summed E-state index contributed by atoms with van der Waals surface area (Å²) < 4.78 is 29.5. The fourth-order valence-electron chi connectivity index (χ4n) is 1.73. The van der Waals surface area contributed by atoms with Crippen molar-refractivity contribution < 1.29 is 13.2 Å². The van der Waals surface area contributed by atoms with E-state index < -0.39 is 9.84 Å².